The Kier molecular flexibility index (Phi) is 12.0. The van der Waals surface area contributed by atoms with Gasteiger partial charge in [0.1, 0.15) is 0 Å². The maximum absolute atomic E-state index is 3.48. The second-order valence-corrected chi connectivity index (χ2v) is 6.18. The van der Waals surface area contributed by atoms with Gasteiger partial charge in [0, 0.05) is 12.2 Å². The molecule has 0 heterocycles. The van der Waals surface area contributed by atoms with Crippen molar-refractivity contribution in [2.24, 2.45) is 0 Å². The number of anilines is 1. The summed E-state index contributed by atoms with van der Waals surface area (Å²) in [5.41, 5.74) is 1.25. The molecule has 0 unspecified atom stereocenters. The Labute approximate surface area is 132 Å². The molecule has 0 aliphatic carbocycles. The Hall–Kier alpha value is -0.980. The fourth-order valence-electron chi connectivity index (χ4n) is 2.75. The first-order valence-electron chi connectivity index (χ1n) is 9.22. The van der Waals surface area contributed by atoms with E-state index in [0.717, 1.165) is 6.54 Å². The van der Waals surface area contributed by atoms with Crippen molar-refractivity contribution >= 4 is 5.69 Å². The Morgan fingerprint density at radius 1 is 0.619 bits per heavy atom. The SMILES string of the molecule is CCCCCCCCCCCCCCNc1ccccc1. The minimum atomic E-state index is 1.11. The molecule has 0 bridgehead atoms. The highest BCUT2D eigenvalue weighted by Crippen LogP contribution is 2.12. The van der Waals surface area contributed by atoms with Crippen molar-refractivity contribution in [3.63, 3.8) is 0 Å². The predicted molar refractivity (Wildman–Crippen MR) is 96.0 cm³/mol. The first-order valence-corrected chi connectivity index (χ1v) is 9.22. The van der Waals surface area contributed by atoms with Crippen molar-refractivity contribution in [1.29, 1.82) is 0 Å². The summed E-state index contributed by atoms with van der Waals surface area (Å²) in [5.74, 6) is 0. The molecule has 0 saturated carbocycles. The van der Waals surface area contributed by atoms with Gasteiger partial charge in [-0.25, -0.2) is 0 Å². The summed E-state index contributed by atoms with van der Waals surface area (Å²) in [6.07, 6.45) is 17.0. The second kappa shape index (κ2) is 14.0. The average molecular weight is 290 g/mol. The van der Waals surface area contributed by atoms with Crippen LogP contribution in [0.3, 0.4) is 0 Å². The minimum Gasteiger partial charge on any atom is -0.385 e. The lowest BCUT2D eigenvalue weighted by Crippen LogP contribution is -2.00. The molecule has 0 amide bonds. The standard InChI is InChI=1S/C20H35N/c1-2-3-4-5-6-7-8-9-10-11-12-16-19-21-20-17-14-13-15-18-20/h13-15,17-18,21H,2-12,16,19H2,1H3. The van der Waals surface area contributed by atoms with Crippen LogP contribution in [-0.2, 0) is 0 Å². The normalized spacial score (nSPS) is 10.7. The Balaban J connectivity index is 1.75. The van der Waals surface area contributed by atoms with Gasteiger partial charge in [0.05, 0.1) is 0 Å². The van der Waals surface area contributed by atoms with Crippen LogP contribution < -0.4 is 5.32 Å². The van der Waals surface area contributed by atoms with Crippen molar-refractivity contribution in [3.8, 4) is 0 Å². The number of hydrogen-bond donors (Lipinski definition) is 1. The van der Waals surface area contributed by atoms with Crippen molar-refractivity contribution in [1.82, 2.24) is 0 Å². The third kappa shape index (κ3) is 11.4. The van der Waals surface area contributed by atoms with Gasteiger partial charge >= 0.3 is 0 Å². The van der Waals surface area contributed by atoms with E-state index in [9.17, 15) is 0 Å². The van der Waals surface area contributed by atoms with E-state index < -0.39 is 0 Å². The molecular weight excluding hydrogens is 254 g/mol. The zero-order chi connectivity index (χ0) is 15.0. The van der Waals surface area contributed by atoms with Gasteiger partial charge in [0.2, 0.25) is 0 Å². The summed E-state index contributed by atoms with van der Waals surface area (Å²) in [6.45, 7) is 3.40. The van der Waals surface area contributed by atoms with Gasteiger partial charge in [0.25, 0.3) is 0 Å². The van der Waals surface area contributed by atoms with Crippen LogP contribution in [0.2, 0.25) is 0 Å². The minimum absolute atomic E-state index is 1.11. The Bertz CT molecular complexity index is 307. The van der Waals surface area contributed by atoms with Crippen molar-refractivity contribution in [3.05, 3.63) is 30.3 Å². The quantitative estimate of drug-likeness (QED) is 0.371. The molecule has 1 rings (SSSR count). The number of para-hydroxylation sites is 1. The summed E-state index contributed by atoms with van der Waals surface area (Å²) in [7, 11) is 0. The molecule has 0 aromatic heterocycles. The summed E-state index contributed by atoms with van der Waals surface area (Å²) < 4.78 is 0. The van der Waals surface area contributed by atoms with E-state index in [1.165, 1.54) is 82.7 Å². The van der Waals surface area contributed by atoms with Gasteiger partial charge in [0.15, 0.2) is 0 Å². The van der Waals surface area contributed by atoms with Crippen LogP contribution in [0.25, 0.3) is 0 Å². The summed E-state index contributed by atoms with van der Waals surface area (Å²) >= 11 is 0. The van der Waals surface area contributed by atoms with E-state index in [2.05, 4.69) is 42.6 Å². The van der Waals surface area contributed by atoms with E-state index in [1.54, 1.807) is 0 Å². The van der Waals surface area contributed by atoms with Crippen LogP contribution in [0.5, 0.6) is 0 Å². The van der Waals surface area contributed by atoms with E-state index >= 15 is 0 Å². The summed E-state index contributed by atoms with van der Waals surface area (Å²) in [4.78, 5) is 0. The van der Waals surface area contributed by atoms with Gasteiger partial charge in [-0.3, -0.25) is 0 Å². The van der Waals surface area contributed by atoms with Crippen LogP contribution in [0.15, 0.2) is 30.3 Å². The Morgan fingerprint density at radius 3 is 1.62 bits per heavy atom. The lowest BCUT2D eigenvalue weighted by molar-refractivity contribution is 0.546. The lowest BCUT2D eigenvalue weighted by atomic mass is 10.1. The molecule has 1 aromatic rings. The Morgan fingerprint density at radius 2 is 1.10 bits per heavy atom. The number of rotatable bonds is 14. The van der Waals surface area contributed by atoms with Gasteiger partial charge in [-0.05, 0) is 18.6 Å². The molecule has 1 heteroatoms. The van der Waals surface area contributed by atoms with Crippen LogP contribution in [0, 0.1) is 0 Å². The van der Waals surface area contributed by atoms with Crippen molar-refractivity contribution < 1.29 is 0 Å². The fraction of sp³-hybridized carbons (Fsp3) is 0.700. The molecule has 1 N–H and O–H groups in total. The monoisotopic (exact) mass is 289 g/mol. The highest BCUT2D eigenvalue weighted by molar-refractivity contribution is 5.42. The third-order valence-electron chi connectivity index (χ3n) is 4.13. The number of nitrogens with one attached hydrogen (secondary N) is 1. The van der Waals surface area contributed by atoms with Gasteiger partial charge in [-0.1, -0.05) is 95.8 Å². The van der Waals surface area contributed by atoms with E-state index in [0.29, 0.717) is 0 Å². The first-order chi connectivity index (χ1) is 10.4. The second-order valence-electron chi connectivity index (χ2n) is 6.18. The molecule has 21 heavy (non-hydrogen) atoms. The van der Waals surface area contributed by atoms with Crippen LogP contribution in [0.4, 0.5) is 5.69 Å². The molecule has 0 atom stereocenters. The molecular formula is C20H35N. The predicted octanol–water partition coefficient (Wildman–Crippen LogP) is 6.80. The van der Waals surface area contributed by atoms with Crippen LogP contribution in [0.1, 0.15) is 84.0 Å². The van der Waals surface area contributed by atoms with Gasteiger partial charge in [-0.15, -0.1) is 0 Å². The first kappa shape index (κ1) is 18.1. The molecule has 0 saturated heterocycles. The van der Waals surface area contributed by atoms with E-state index in [1.807, 2.05) is 0 Å². The van der Waals surface area contributed by atoms with Crippen molar-refractivity contribution in [2.75, 3.05) is 11.9 Å². The lowest BCUT2D eigenvalue weighted by Gasteiger charge is -2.06. The fourth-order valence-corrected chi connectivity index (χ4v) is 2.75. The maximum Gasteiger partial charge on any atom is 0.0340 e. The smallest absolute Gasteiger partial charge is 0.0340 e. The zero-order valence-corrected chi connectivity index (χ0v) is 14.1. The molecule has 0 radical (unpaired) electrons. The highest BCUT2D eigenvalue weighted by atomic mass is 14.9. The number of unbranched alkanes of at least 4 members (excludes halogenated alkanes) is 11. The zero-order valence-electron chi connectivity index (χ0n) is 14.1. The molecule has 0 spiro atoms. The topological polar surface area (TPSA) is 12.0 Å². The number of benzene rings is 1. The average Bonchev–Trinajstić information content (AvgIpc) is 2.53. The number of hydrogen-bond acceptors (Lipinski definition) is 1. The molecule has 0 aliphatic heterocycles. The molecule has 1 aromatic carbocycles. The van der Waals surface area contributed by atoms with Crippen LogP contribution >= 0.6 is 0 Å². The molecule has 0 fully saturated rings. The molecule has 1 nitrogen and oxygen atoms in total. The highest BCUT2D eigenvalue weighted by Gasteiger charge is 1.94. The van der Waals surface area contributed by atoms with E-state index in [4.69, 9.17) is 0 Å². The molecule has 0 aliphatic rings. The third-order valence-corrected chi connectivity index (χ3v) is 4.13. The van der Waals surface area contributed by atoms with E-state index in [-0.39, 0.29) is 0 Å². The molecule has 120 valence electrons. The summed E-state index contributed by atoms with van der Waals surface area (Å²) in [6, 6.07) is 10.5. The maximum atomic E-state index is 3.48. The van der Waals surface area contributed by atoms with Crippen molar-refractivity contribution in [2.45, 2.75) is 84.0 Å². The largest absolute Gasteiger partial charge is 0.385 e. The van der Waals surface area contributed by atoms with Gasteiger partial charge in [-0.2, -0.15) is 0 Å². The van der Waals surface area contributed by atoms with Gasteiger partial charge < -0.3 is 5.32 Å². The van der Waals surface area contributed by atoms with Crippen LogP contribution in [-0.4, -0.2) is 6.54 Å². The summed E-state index contributed by atoms with van der Waals surface area (Å²) in [5, 5.41) is 3.48.